The molecule has 0 radical (unpaired) electrons. The van der Waals surface area contributed by atoms with Crippen molar-refractivity contribution in [2.75, 3.05) is 5.32 Å². The van der Waals surface area contributed by atoms with Gasteiger partial charge in [-0.1, -0.05) is 18.2 Å². The maximum absolute atomic E-state index is 12.0. The van der Waals surface area contributed by atoms with Crippen LogP contribution in [0.1, 0.15) is 15.9 Å². The minimum Gasteiger partial charge on any atom is -0.494 e. The number of aromatic nitrogens is 2. The van der Waals surface area contributed by atoms with Crippen LogP contribution in [0.25, 0.3) is 0 Å². The summed E-state index contributed by atoms with van der Waals surface area (Å²) in [4.78, 5) is 28.1. The number of H-pyrrole nitrogens is 2. The molecule has 0 fully saturated rings. The van der Waals surface area contributed by atoms with Gasteiger partial charge < -0.3 is 15.4 Å². The van der Waals surface area contributed by atoms with Crippen LogP contribution >= 0.6 is 12.2 Å². The average molecular weight is 277 g/mol. The Labute approximate surface area is 113 Å². The first kappa shape index (κ1) is 13.0. The molecule has 6 nitrogen and oxygen atoms in total. The molecular weight excluding hydrogens is 266 g/mol. The van der Waals surface area contributed by atoms with E-state index in [0.29, 0.717) is 5.69 Å². The Balaban J connectivity index is 2.39. The Bertz CT molecular complexity index is 748. The zero-order valence-corrected chi connectivity index (χ0v) is 10.8. The van der Waals surface area contributed by atoms with Crippen molar-refractivity contribution in [2.24, 2.45) is 0 Å². The van der Waals surface area contributed by atoms with Gasteiger partial charge in [0.15, 0.2) is 10.3 Å². The van der Waals surface area contributed by atoms with Crippen LogP contribution in [0.5, 0.6) is 5.88 Å². The van der Waals surface area contributed by atoms with Crippen LogP contribution in [0.3, 0.4) is 0 Å². The molecule has 2 aromatic rings. The Morgan fingerprint density at radius 1 is 1.32 bits per heavy atom. The van der Waals surface area contributed by atoms with Gasteiger partial charge in [-0.3, -0.25) is 14.6 Å². The first-order chi connectivity index (χ1) is 8.99. The highest BCUT2D eigenvalue weighted by Crippen LogP contribution is 2.15. The molecule has 4 N–H and O–H groups in total. The van der Waals surface area contributed by atoms with Crippen LogP contribution in [0.4, 0.5) is 5.69 Å². The molecular formula is C12H11N3O3S. The van der Waals surface area contributed by atoms with Gasteiger partial charge in [-0.15, -0.1) is 0 Å². The maximum Gasteiger partial charge on any atom is 0.268 e. The molecule has 1 aromatic heterocycles. The number of aromatic amines is 2. The number of para-hydroxylation sites is 1. The number of hydrogen-bond donors (Lipinski definition) is 4. The number of benzene rings is 1. The third-order valence-corrected chi connectivity index (χ3v) is 2.75. The van der Waals surface area contributed by atoms with Crippen molar-refractivity contribution in [1.29, 1.82) is 0 Å². The lowest BCUT2D eigenvalue weighted by molar-refractivity contribution is 0.102. The lowest BCUT2D eigenvalue weighted by atomic mass is 10.2. The van der Waals surface area contributed by atoms with E-state index in [1.54, 1.807) is 12.1 Å². The molecule has 19 heavy (non-hydrogen) atoms. The van der Waals surface area contributed by atoms with Crippen LogP contribution < -0.4 is 10.9 Å². The summed E-state index contributed by atoms with van der Waals surface area (Å²) in [5.41, 5.74) is 0.258. The van der Waals surface area contributed by atoms with Crippen molar-refractivity contribution in [2.45, 2.75) is 6.92 Å². The third kappa shape index (κ3) is 2.71. The molecule has 1 heterocycles. The number of aromatic hydroxyl groups is 1. The molecule has 0 saturated carbocycles. The number of hydrogen-bond acceptors (Lipinski definition) is 4. The quantitative estimate of drug-likeness (QED) is 0.628. The molecule has 0 bridgehead atoms. The van der Waals surface area contributed by atoms with Gasteiger partial charge in [0.2, 0.25) is 5.88 Å². The van der Waals surface area contributed by atoms with Crippen LogP contribution in [0, 0.1) is 11.7 Å². The minimum absolute atomic E-state index is 0.0464. The number of carbonyl (C=O) groups is 1. The second-order valence-electron chi connectivity index (χ2n) is 3.90. The highest BCUT2D eigenvalue weighted by Gasteiger charge is 2.17. The molecule has 0 saturated heterocycles. The number of nitrogens with one attached hydrogen (secondary N) is 3. The second-order valence-corrected chi connectivity index (χ2v) is 4.31. The molecule has 0 unspecified atom stereocenters. The van der Waals surface area contributed by atoms with Crippen molar-refractivity contribution in [3.05, 3.63) is 50.5 Å². The molecule has 7 heteroatoms. The molecule has 1 aromatic carbocycles. The minimum atomic E-state index is -0.743. The van der Waals surface area contributed by atoms with Crippen molar-refractivity contribution >= 4 is 23.8 Å². The Morgan fingerprint density at radius 2 is 2.00 bits per heavy atom. The predicted molar refractivity (Wildman–Crippen MR) is 73.0 cm³/mol. The summed E-state index contributed by atoms with van der Waals surface area (Å²) in [6.07, 6.45) is 0. The summed E-state index contributed by atoms with van der Waals surface area (Å²) in [5, 5.41) is 12.1. The Morgan fingerprint density at radius 3 is 2.63 bits per heavy atom. The number of amides is 1. The molecule has 1 amide bonds. The van der Waals surface area contributed by atoms with Gasteiger partial charge in [-0.2, -0.15) is 0 Å². The highest BCUT2D eigenvalue weighted by molar-refractivity contribution is 7.71. The summed E-state index contributed by atoms with van der Waals surface area (Å²) in [6, 6.07) is 7.10. The van der Waals surface area contributed by atoms with Crippen LogP contribution in [-0.2, 0) is 0 Å². The van der Waals surface area contributed by atoms with Crippen LogP contribution in [0.2, 0.25) is 0 Å². The lowest BCUT2D eigenvalue weighted by Gasteiger charge is -2.08. The summed E-state index contributed by atoms with van der Waals surface area (Å²) in [7, 11) is 0. The van der Waals surface area contributed by atoms with Crippen molar-refractivity contribution in [3.63, 3.8) is 0 Å². The smallest absolute Gasteiger partial charge is 0.268 e. The van der Waals surface area contributed by atoms with Gasteiger partial charge in [0.05, 0.1) is 0 Å². The topological polar surface area (TPSA) is 98.0 Å². The maximum atomic E-state index is 12.0. The molecule has 0 spiro atoms. The summed E-state index contributed by atoms with van der Waals surface area (Å²) in [5.74, 6) is -1.26. The summed E-state index contributed by atoms with van der Waals surface area (Å²) >= 11 is 4.68. The van der Waals surface area contributed by atoms with Gasteiger partial charge in [-0.05, 0) is 30.8 Å². The van der Waals surface area contributed by atoms with E-state index in [4.69, 9.17) is 0 Å². The average Bonchev–Trinajstić information content (AvgIpc) is 2.30. The van der Waals surface area contributed by atoms with E-state index < -0.39 is 22.9 Å². The zero-order valence-electron chi connectivity index (χ0n) is 9.98. The monoisotopic (exact) mass is 277 g/mol. The number of aryl methyl sites for hydroxylation is 1. The van der Waals surface area contributed by atoms with Gasteiger partial charge in [-0.25, -0.2) is 0 Å². The zero-order chi connectivity index (χ0) is 14.0. The number of anilines is 1. The van der Waals surface area contributed by atoms with E-state index in [1.807, 2.05) is 19.1 Å². The second kappa shape index (κ2) is 5.07. The van der Waals surface area contributed by atoms with Crippen LogP contribution in [-0.4, -0.2) is 21.0 Å². The predicted octanol–water partition coefficient (Wildman–Crippen LogP) is 1.70. The van der Waals surface area contributed by atoms with Gasteiger partial charge in [0.1, 0.15) is 0 Å². The van der Waals surface area contributed by atoms with Gasteiger partial charge in [0.25, 0.3) is 11.5 Å². The first-order valence-electron chi connectivity index (χ1n) is 5.41. The highest BCUT2D eigenvalue weighted by atomic mass is 32.1. The normalized spacial score (nSPS) is 10.2. The molecule has 0 aliphatic rings. The van der Waals surface area contributed by atoms with E-state index >= 15 is 0 Å². The van der Waals surface area contributed by atoms with E-state index in [2.05, 4.69) is 27.5 Å². The van der Waals surface area contributed by atoms with Crippen molar-refractivity contribution in [3.8, 4) is 5.88 Å². The molecule has 0 aliphatic carbocycles. The van der Waals surface area contributed by atoms with Crippen molar-refractivity contribution < 1.29 is 9.90 Å². The molecule has 0 aliphatic heterocycles. The standard InChI is InChI=1S/C12H11N3O3S/c1-6-4-2-3-5-7(6)13-9(16)8-10(17)14-12(19)15-11(8)18/h2-5H,1H3,(H,13,16)(H3,14,15,17,18,19). The van der Waals surface area contributed by atoms with Gasteiger partial charge >= 0.3 is 0 Å². The lowest BCUT2D eigenvalue weighted by Crippen LogP contribution is -2.24. The summed E-state index contributed by atoms with van der Waals surface area (Å²) < 4.78 is -0.0464. The SMILES string of the molecule is Cc1ccccc1NC(=O)c1c(O)[nH]c(=S)[nH]c1=O. The fraction of sp³-hybridized carbons (Fsp3) is 0.0833. The molecule has 2 rings (SSSR count). The van der Waals surface area contributed by atoms with Gasteiger partial charge in [0, 0.05) is 5.69 Å². The molecule has 0 atom stereocenters. The van der Waals surface area contributed by atoms with Crippen LogP contribution in [0.15, 0.2) is 29.1 Å². The van der Waals surface area contributed by atoms with E-state index in [-0.39, 0.29) is 4.77 Å². The van der Waals surface area contributed by atoms with E-state index in [1.165, 1.54) is 0 Å². The fourth-order valence-corrected chi connectivity index (χ4v) is 1.77. The largest absolute Gasteiger partial charge is 0.494 e. The van der Waals surface area contributed by atoms with E-state index in [0.717, 1.165) is 5.56 Å². The third-order valence-electron chi connectivity index (χ3n) is 2.54. The first-order valence-corrected chi connectivity index (χ1v) is 5.82. The Kier molecular flexibility index (Phi) is 3.48. The number of rotatable bonds is 2. The molecule has 98 valence electrons. The summed E-state index contributed by atoms with van der Waals surface area (Å²) in [6.45, 7) is 1.82. The number of carbonyl (C=O) groups excluding carboxylic acids is 1. The fourth-order valence-electron chi connectivity index (χ4n) is 1.58. The van der Waals surface area contributed by atoms with E-state index in [9.17, 15) is 14.7 Å². The Hall–Kier alpha value is -2.41. The van der Waals surface area contributed by atoms with Crippen molar-refractivity contribution in [1.82, 2.24) is 9.97 Å².